The summed E-state index contributed by atoms with van der Waals surface area (Å²) < 4.78 is 0.784. The van der Waals surface area contributed by atoms with Gasteiger partial charge in [-0.2, -0.15) is 0 Å². The lowest BCUT2D eigenvalue weighted by Gasteiger charge is -2.25. The Morgan fingerprint density at radius 2 is 1.85 bits per heavy atom. The molecule has 110 valence electrons. The largest absolute Gasteiger partial charge is 0.353 e. The molecule has 1 aromatic rings. The summed E-state index contributed by atoms with van der Waals surface area (Å²) in [5, 5.41) is 5.62. The van der Waals surface area contributed by atoms with Gasteiger partial charge in [-0.3, -0.25) is 9.59 Å². The summed E-state index contributed by atoms with van der Waals surface area (Å²) in [7, 11) is 0. The summed E-state index contributed by atoms with van der Waals surface area (Å²) in [5.74, 6) is -0.596. The van der Waals surface area contributed by atoms with E-state index in [0.717, 1.165) is 10.9 Å². The van der Waals surface area contributed by atoms with Crippen LogP contribution in [-0.4, -0.2) is 17.9 Å². The van der Waals surface area contributed by atoms with E-state index in [1.165, 1.54) is 0 Å². The van der Waals surface area contributed by atoms with Crippen molar-refractivity contribution in [1.82, 2.24) is 5.32 Å². The van der Waals surface area contributed by atoms with Crippen LogP contribution in [0.4, 0.5) is 5.69 Å². The number of benzene rings is 1. The predicted molar refractivity (Wildman–Crippen MR) is 84.4 cm³/mol. The molecule has 0 aromatic heterocycles. The molecule has 1 rings (SSSR count). The van der Waals surface area contributed by atoms with Gasteiger partial charge in [0.05, 0.1) is 5.69 Å². The Bertz CT molecular complexity index is 500. The van der Waals surface area contributed by atoms with E-state index in [9.17, 15) is 9.59 Å². The lowest BCUT2D eigenvalue weighted by Crippen LogP contribution is -2.47. The lowest BCUT2D eigenvalue weighted by molar-refractivity contribution is -0.138. The number of carbonyl (C=O) groups is 2. The van der Waals surface area contributed by atoms with Gasteiger partial charge < -0.3 is 10.6 Å². The molecule has 2 amide bonds. The van der Waals surface area contributed by atoms with Crippen LogP contribution in [-0.2, 0) is 9.59 Å². The number of anilines is 1. The van der Waals surface area contributed by atoms with E-state index in [0.29, 0.717) is 5.69 Å². The van der Waals surface area contributed by atoms with E-state index in [1.807, 2.05) is 32.0 Å². The zero-order valence-electron chi connectivity index (χ0n) is 12.3. The summed E-state index contributed by atoms with van der Waals surface area (Å²) >= 11 is 3.36. The SMILES string of the molecule is CCC(C)NC(=O)C(C)(C)C(=O)Nc1ccccc1Br. The van der Waals surface area contributed by atoms with E-state index in [2.05, 4.69) is 26.6 Å². The highest BCUT2D eigenvalue weighted by Crippen LogP contribution is 2.25. The second-order valence-corrected chi connectivity index (χ2v) is 6.20. The summed E-state index contributed by atoms with van der Waals surface area (Å²) in [6, 6.07) is 7.36. The average molecular weight is 341 g/mol. The van der Waals surface area contributed by atoms with Gasteiger partial charge in [0.15, 0.2) is 0 Å². The molecule has 0 saturated heterocycles. The first-order valence-electron chi connectivity index (χ1n) is 6.66. The summed E-state index contributed by atoms with van der Waals surface area (Å²) in [5.41, 5.74) is -0.472. The zero-order valence-corrected chi connectivity index (χ0v) is 13.9. The number of amides is 2. The fourth-order valence-corrected chi connectivity index (χ4v) is 1.83. The molecular formula is C15H21BrN2O2. The molecular weight excluding hydrogens is 320 g/mol. The van der Waals surface area contributed by atoms with Crippen molar-refractivity contribution in [3.8, 4) is 0 Å². The number of halogens is 1. The van der Waals surface area contributed by atoms with E-state index < -0.39 is 5.41 Å². The highest BCUT2D eigenvalue weighted by atomic mass is 79.9. The van der Waals surface area contributed by atoms with Crippen molar-refractivity contribution >= 4 is 33.4 Å². The van der Waals surface area contributed by atoms with E-state index >= 15 is 0 Å². The van der Waals surface area contributed by atoms with Crippen LogP contribution in [0.15, 0.2) is 28.7 Å². The molecule has 4 nitrogen and oxygen atoms in total. The molecule has 0 spiro atoms. The van der Waals surface area contributed by atoms with Crippen LogP contribution in [0.3, 0.4) is 0 Å². The Balaban J connectivity index is 2.79. The second-order valence-electron chi connectivity index (χ2n) is 5.34. The van der Waals surface area contributed by atoms with Crippen LogP contribution in [0.25, 0.3) is 0 Å². The van der Waals surface area contributed by atoms with Crippen LogP contribution in [0.5, 0.6) is 0 Å². The fraction of sp³-hybridized carbons (Fsp3) is 0.467. The number of nitrogens with one attached hydrogen (secondary N) is 2. The second kappa shape index (κ2) is 6.88. The minimum absolute atomic E-state index is 0.0537. The molecule has 0 aliphatic carbocycles. The number of hydrogen-bond donors (Lipinski definition) is 2. The van der Waals surface area contributed by atoms with Gasteiger partial charge in [0.2, 0.25) is 11.8 Å². The molecule has 1 aromatic carbocycles. The van der Waals surface area contributed by atoms with Crippen molar-refractivity contribution in [1.29, 1.82) is 0 Å². The summed E-state index contributed by atoms with van der Waals surface area (Å²) in [4.78, 5) is 24.5. The average Bonchev–Trinajstić information content (AvgIpc) is 2.40. The topological polar surface area (TPSA) is 58.2 Å². The van der Waals surface area contributed by atoms with Crippen LogP contribution in [0.1, 0.15) is 34.1 Å². The maximum Gasteiger partial charge on any atom is 0.239 e. The van der Waals surface area contributed by atoms with Gasteiger partial charge in [-0.1, -0.05) is 19.1 Å². The Labute approximate surface area is 128 Å². The first-order chi connectivity index (χ1) is 9.28. The third kappa shape index (κ3) is 4.07. The molecule has 5 heteroatoms. The lowest BCUT2D eigenvalue weighted by atomic mass is 9.90. The summed E-state index contributed by atoms with van der Waals surface area (Å²) in [6.45, 7) is 7.15. The molecule has 0 aliphatic heterocycles. The zero-order chi connectivity index (χ0) is 15.3. The van der Waals surface area contributed by atoms with Crippen molar-refractivity contribution in [2.75, 3.05) is 5.32 Å². The molecule has 20 heavy (non-hydrogen) atoms. The van der Waals surface area contributed by atoms with Gasteiger partial charge in [-0.15, -0.1) is 0 Å². The molecule has 0 aliphatic rings. The van der Waals surface area contributed by atoms with Crippen LogP contribution in [0.2, 0.25) is 0 Å². The standard InChI is InChI=1S/C15H21BrN2O2/c1-5-10(2)17-13(19)15(3,4)14(20)18-12-9-7-6-8-11(12)16/h6-10H,5H2,1-4H3,(H,17,19)(H,18,20). The number of hydrogen-bond acceptors (Lipinski definition) is 2. The van der Waals surface area contributed by atoms with Crippen molar-refractivity contribution in [2.45, 2.75) is 40.2 Å². The highest BCUT2D eigenvalue weighted by molar-refractivity contribution is 9.10. The van der Waals surface area contributed by atoms with Gasteiger partial charge in [-0.25, -0.2) is 0 Å². The fourth-order valence-electron chi connectivity index (χ4n) is 1.45. The first-order valence-corrected chi connectivity index (χ1v) is 7.45. The van der Waals surface area contributed by atoms with Crippen LogP contribution < -0.4 is 10.6 Å². The van der Waals surface area contributed by atoms with Gasteiger partial charge in [0.25, 0.3) is 0 Å². The minimum Gasteiger partial charge on any atom is -0.353 e. The minimum atomic E-state index is -1.13. The van der Waals surface area contributed by atoms with Crippen molar-refractivity contribution in [3.05, 3.63) is 28.7 Å². The number of para-hydroxylation sites is 1. The summed E-state index contributed by atoms with van der Waals surface area (Å²) in [6.07, 6.45) is 0.827. The molecule has 1 atom stereocenters. The molecule has 0 radical (unpaired) electrons. The monoisotopic (exact) mass is 340 g/mol. The van der Waals surface area contributed by atoms with Crippen LogP contribution >= 0.6 is 15.9 Å². The maximum atomic E-state index is 12.3. The quantitative estimate of drug-likeness (QED) is 0.807. The molecule has 0 heterocycles. The van der Waals surface area contributed by atoms with Crippen molar-refractivity contribution < 1.29 is 9.59 Å². The van der Waals surface area contributed by atoms with Gasteiger partial charge in [0.1, 0.15) is 5.41 Å². The van der Waals surface area contributed by atoms with Crippen LogP contribution in [0, 0.1) is 5.41 Å². The maximum absolute atomic E-state index is 12.3. The molecule has 1 unspecified atom stereocenters. The molecule has 2 N–H and O–H groups in total. The van der Waals surface area contributed by atoms with E-state index in [4.69, 9.17) is 0 Å². The Kier molecular flexibility index (Phi) is 5.74. The number of rotatable bonds is 5. The van der Waals surface area contributed by atoms with Gasteiger partial charge >= 0.3 is 0 Å². The Morgan fingerprint density at radius 1 is 1.25 bits per heavy atom. The van der Waals surface area contributed by atoms with E-state index in [-0.39, 0.29) is 17.9 Å². The smallest absolute Gasteiger partial charge is 0.239 e. The third-order valence-electron chi connectivity index (χ3n) is 3.25. The van der Waals surface area contributed by atoms with Crippen molar-refractivity contribution in [3.63, 3.8) is 0 Å². The molecule has 0 bridgehead atoms. The normalized spacial score (nSPS) is 12.7. The predicted octanol–water partition coefficient (Wildman–Crippen LogP) is 3.33. The van der Waals surface area contributed by atoms with E-state index in [1.54, 1.807) is 19.9 Å². The van der Waals surface area contributed by atoms with Gasteiger partial charge in [0, 0.05) is 10.5 Å². The van der Waals surface area contributed by atoms with Gasteiger partial charge in [-0.05, 0) is 55.3 Å². The molecule has 0 saturated carbocycles. The first kappa shape index (κ1) is 16.7. The highest BCUT2D eigenvalue weighted by Gasteiger charge is 2.36. The Morgan fingerprint density at radius 3 is 2.40 bits per heavy atom. The Hall–Kier alpha value is -1.36. The number of carbonyl (C=O) groups excluding carboxylic acids is 2. The molecule has 0 fully saturated rings. The van der Waals surface area contributed by atoms with Crippen molar-refractivity contribution in [2.24, 2.45) is 5.41 Å². The third-order valence-corrected chi connectivity index (χ3v) is 3.94.